The molecule has 0 fully saturated rings. The van der Waals surface area contributed by atoms with Gasteiger partial charge in [0.05, 0.1) is 18.9 Å². The van der Waals surface area contributed by atoms with Gasteiger partial charge in [0.1, 0.15) is 18.1 Å². The topological polar surface area (TPSA) is 237 Å². The number of aliphatic carboxylic acids is 1. The SMILES string of the molecule is CSCCC(NC(=O)C(CC(N)=O)NC(=O)C(N)Cc1ccccc1)C(=O)NC(CC(N)=O)C(=O)O. The fraction of sp³-hybridized carbons (Fsp3) is 0.455. The van der Waals surface area contributed by atoms with E-state index < -0.39 is 72.5 Å². The maximum absolute atomic E-state index is 12.9. The second-order valence-electron chi connectivity index (χ2n) is 7.94. The third kappa shape index (κ3) is 11.2. The van der Waals surface area contributed by atoms with Crippen LogP contribution in [0, 0.1) is 0 Å². The number of benzene rings is 1. The highest BCUT2D eigenvalue weighted by atomic mass is 32.2. The zero-order valence-electron chi connectivity index (χ0n) is 19.8. The lowest BCUT2D eigenvalue weighted by molar-refractivity contribution is -0.143. The Kier molecular flexibility index (Phi) is 13.0. The maximum atomic E-state index is 12.9. The molecule has 36 heavy (non-hydrogen) atoms. The highest BCUT2D eigenvalue weighted by molar-refractivity contribution is 7.98. The van der Waals surface area contributed by atoms with Gasteiger partial charge in [0.2, 0.25) is 29.5 Å². The van der Waals surface area contributed by atoms with Gasteiger partial charge in [-0.2, -0.15) is 11.8 Å². The zero-order valence-corrected chi connectivity index (χ0v) is 20.6. The number of hydrogen-bond acceptors (Lipinski definition) is 8. The number of rotatable bonds is 16. The summed E-state index contributed by atoms with van der Waals surface area (Å²) in [7, 11) is 0. The van der Waals surface area contributed by atoms with Crippen molar-refractivity contribution in [1.82, 2.24) is 16.0 Å². The molecular weight excluding hydrogens is 492 g/mol. The molecule has 5 amide bonds. The quantitative estimate of drug-likeness (QED) is 0.122. The van der Waals surface area contributed by atoms with Gasteiger partial charge in [0, 0.05) is 0 Å². The van der Waals surface area contributed by atoms with Crippen LogP contribution in [0.3, 0.4) is 0 Å². The van der Waals surface area contributed by atoms with E-state index in [1.54, 1.807) is 36.6 Å². The Morgan fingerprint density at radius 2 is 1.33 bits per heavy atom. The second kappa shape index (κ2) is 15.4. The van der Waals surface area contributed by atoms with Crippen molar-refractivity contribution in [3.8, 4) is 0 Å². The minimum atomic E-state index is -1.60. The monoisotopic (exact) mass is 524 g/mol. The van der Waals surface area contributed by atoms with Crippen LogP contribution in [0.1, 0.15) is 24.8 Å². The van der Waals surface area contributed by atoms with Crippen LogP contribution in [-0.4, -0.2) is 76.8 Å². The second-order valence-corrected chi connectivity index (χ2v) is 8.93. The van der Waals surface area contributed by atoms with Crippen LogP contribution in [0.15, 0.2) is 30.3 Å². The highest BCUT2D eigenvalue weighted by Crippen LogP contribution is 2.06. The number of primary amides is 2. The van der Waals surface area contributed by atoms with E-state index in [-0.39, 0.29) is 12.8 Å². The molecule has 0 aliphatic carbocycles. The summed E-state index contributed by atoms with van der Waals surface area (Å²) >= 11 is 1.36. The predicted molar refractivity (Wildman–Crippen MR) is 132 cm³/mol. The van der Waals surface area contributed by atoms with E-state index in [1.165, 1.54) is 11.8 Å². The summed E-state index contributed by atoms with van der Waals surface area (Å²) in [4.78, 5) is 72.2. The van der Waals surface area contributed by atoms with E-state index in [9.17, 15) is 33.9 Å². The number of thioether (sulfide) groups is 1. The minimum absolute atomic E-state index is 0.0897. The van der Waals surface area contributed by atoms with Gasteiger partial charge in [-0.25, -0.2) is 4.79 Å². The third-order valence-electron chi connectivity index (χ3n) is 4.94. The number of carbonyl (C=O) groups is 6. The molecule has 14 heteroatoms. The largest absolute Gasteiger partial charge is 0.480 e. The number of hydrogen-bond donors (Lipinski definition) is 7. The summed E-state index contributed by atoms with van der Waals surface area (Å²) in [5.74, 6) is -5.39. The van der Waals surface area contributed by atoms with Gasteiger partial charge in [0.15, 0.2) is 0 Å². The van der Waals surface area contributed by atoms with Crippen LogP contribution < -0.4 is 33.2 Å². The van der Waals surface area contributed by atoms with Crippen LogP contribution in [0.25, 0.3) is 0 Å². The molecule has 0 aliphatic heterocycles. The number of nitrogens with two attached hydrogens (primary N) is 3. The van der Waals surface area contributed by atoms with Crippen molar-refractivity contribution < 1.29 is 33.9 Å². The Morgan fingerprint density at radius 1 is 0.833 bits per heavy atom. The number of amides is 5. The van der Waals surface area contributed by atoms with Crippen molar-refractivity contribution in [2.24, 2.45) is 17.2 Å². The van der Waals surface area contributed by atoms with Crippen molar-refractivity contribution in [2.75, 3.05) is 12.0 Å². The smallest absolute Gasteiger partial charge is 0.326 e. The minimum Gasteiger partial charge on any atom is -0.480 e. The van der Waals surface area contributed by atoms with E-state index in [2.05, 4.69) is 16.0 Å². The van der Waals surface area contributed by atoms with Crippen LogP contribution in [0.2, 0.25) is 0 Å². The normalized spacial score (nSPS) is 13.9. The lowest BCUT2D eigenvalue weighted by Gasteiger charge is -2.24. The Bertz CT molecular complexity index is 946. The molecule has 0 heterocycles. The zero-order chi connectivity index (χ0) is 27.3. The number of carbonyl (C=O) groups excluding carboxylic acids is 5. The molecule has 4 atom stereocenters. The first kappa shape index (κ1) is 30.4. The molecular formula is C22H32N6O7S. The number of carboxylic acid groups (broad SMARTS) is 1. The third-order valence-corrected chi connectivity index (χ3v) is 5.58. The molecule has 1 aromatic carbocycles. The van der Waals surface area contributed by atoms with Crippen molar-refractivity contribution >= 4 is 47.3 Å². The summed E-state index contributed by atoms with van der Waals surface area (Å²) in [5.41, 5.74) is 17.0. The van der Waals surface area contributed by atoms with Crippen LogP contribution in [0.5, 0.6) is 0 Å². The molecule has 0 saturated heterocycles. The van der Waals surface area contributed by atoms with E-state index >= 15 is 0 Å². The maximum Gasteiger partial charge on any atom is 0.326 e. The van der Waals surface area contributed by atoms with E-state index in [4.69, 9.17) is 17.2 Å². The van der Waals surface area contributed by atoms with Crippen molar-refractivity contribution in [3.05, 3.63) is 35.9 Å². The molecule has 0 radical (unpaired) electrons. The summed E-state index contributed by atoms with van der Waals surface area (Å²) in [6.45, 7) is 0. The van der Waals surface area contributed by atoms with Gasteiger partial charge in [-0.05, 0) is 30.4 Å². The van der Waals surface area contributed by atoms with Gasteiger partial charge in [0.25, 0.3) is 0 Å². The molecule has 1 aromatic rings. The van der Waals surface area contributed by atoms with Gasteiger partial charge < -0.3 is 38.3 Å². The van der Waals surface area contributed by atoms with Crippen molar-refractivity contribution in [1.29, 1.82) is 0 Å². The van der Waals surface area contributed by atoms with Crippen molar-refractivity contribution in [3.63, 3.8) is 0 Å². The molecule has 0 spiro atoms. The highest BCUT2D eigenvalue weighted by Gasteiger charge is 2.31. The summed E-state index contributed by atoms with van der Waals surface area (Å²) in [5, 5.41) is 16.2. The van der Waals surface area contributed by atoms with Gasteiger partial charge in [-0.15, -0.1) is 0 Å². The summed E-state index contributed by atoms with van der Waals surface area (Å²) in [6.07, 6.45) is 0.809. The molecule has 0 aliphatic rings. The fourth-order valence-electron chi connectivity index (χ4n) is 3.10. The van der Waals surface area contributed by atoms with E-state index in [0.717, 1.165) is 5.56 Å². The van der Waals surface area contributed by atoms with E-state index in [0.29, 0.717) is 5.75 Å². The first-order valence-electron chi connectivity index (χ1n) is 10.9. The molecule has 0 aromatic heterocycles. The summed E-state index contributed by atoms with van der Waals surface area (Å²) in [6, 6.07) is 3.63. The Hall–Kier alpha value is -3.65. The molecule has 198 valence electrons. The summed E-state index contributed by atoms with van der Waals surface area (Å²) < 4.78 is 0. The fourth-order valence-corrected chi connectivity index (χ4v) is 3.57. The number of carboxylic acids is 1. The first-order chi connectivity index (χ1) is 16.9. The van der Waals surface area contributed by atoms with Crippen LogP contribution in [0.4, 0.5) is 0 Å². The standard InChI is InChI=1S/C22H32N6O7S/c1-36-8-7-14(20(32)28-16(22(34)35)11-18(25)30)26-21(33)15(10-17(24)29)27-19(31)13(23)9-12-5-3-2-4-6-12/h2-6,13-16H,7-11,23H2,1H3,(H2,24,29)(H2,25,30)(H,26,33)(H,27,31)(H,28,32)(H,34,35). The Balaban J connectivity index is 2.95. The molecule has 1 rings (SSSR count). The predicted octanol–water partition coefficient (Wildman–Crippen LogP) is -2.40. The lowest BCUT2D eigenvalue weighted by Crippen LogP contribution is -2.58. The average Bonchev–Trinajstić information content (AvgIpc) is 2.80. The first-order valence-corrected chi connectivity index (χ1v) is 12.3. The average molecular weight is 525 g/mol. The van der Waals surface area contributed by atoms with Crippen LogP contribution >= 0.6 is 11.8 Å². The Labute approximate surface area is 212 Å². The van der Waals surface area contributed by atoms with Gasteiger partial charge >= 0.3 is 5.97 Å². The lowest BCUT2D eigenvalue weighted by atomic mass is 10.0. The molecule has 0 saturated carbocycles. The van der Waals surface area contributed by atoms with Crippen molar-refractivity contribution in [2.45, 2.75) is 49.9 Å². The Morgan fingerprint density at radius 3 is 1.86 bits per heavy atom. The van der Waals surface area contributed by atoms with E-state index in [1.807, 2.05) is 0 Å². The molecule has 4 unspecified atom stereocenters. The van der Waals surface area contributed by atoms with Crippen LogP contribution in [-0.2, 0) is 35.2 Å². The van der Waals surface area contributed by atoms with Gasteiger partial charge in [-0.3, -0.25) is 24.0 Å². The van der Waals surface area contributed by atoms with Gasteiger partial charge in [-0.1, -0.05) is 30.3 Å². The molecule has 0 bridgehead atoms. The molecule has 10 N–H and O–H groups in total. The molecule has 13 nitrogen and oxygen atoms in total. The number of nitrogens with one attached hydrogen (secondary N) is 3.